The van der Waals surface area contributed by atoms with Crippen molar-refractivity contribution >= 4 is 5.84 Å². The summed E-state index contributed by atoms with van der Waals surface area (Å²) < 4.78 is 13.9. The molecule has 1 aromatic carbocycles. The molecule has 0 radical (unpaired) electrons. The molecule has 0 saturated heterocycles. The normalized spacial score (nSPS) is 13.1. The average molecular weight is 269 g/mol. The second-order valence-electron chi connectivity index (χ2n) is 5.28. The minimum Gasteiger partial charge on any atom is -0.409 e. The lowest BCUT2D eigenvalue weighted by molar-refractivity contribution is 0.0422. The summed E-state index contributed by atoms with van der Waals surface area (Å²) >= 11 is 0. The highest BCUT2D eigenvalue weighted by Gasteiger charge is 2.16. The number of benzene rings is 1. The van der Waals surface area contributed by atoms with Crippen LogP contribution in [0.2, 0.25) is 0 Å². The lowest BCUT2D eigenvalue weighted by Gasteiger charge is -2.25. The standard InChI is InChI=1S/C13H20FN3O2/c1-13(2,18)8-17(3)7-10-5-4-9(6-11(10)14)12(15)16-19/h4-6,18-19H,7-8H2,1-3H3,(H2,15,16). The van der Waals surface area contributed by atoms with Crippen molar-refractivity contribution in [3.63, 3.8) is 0 Å². The van der Waals surface area contributed by atoms with Crippen LogP contribution in [0.25, 0.3) is 0 Å². The van der Waals surface area contributed by atoms with Gasteiger partial charge in [-0.15, -0.1) is 0 Å². The van der Waals surface area contributed by atoms with E-state index in [-0.39, 0.29) is 5.84 Å². The van der Waals surface area contributed by atoms with Crippen LogP contribution in [0.4, 0.5) is 4.39 Å². The van der Waals surface area contributed by atoms with Gasteiger partial charge in [0.2, 0.25) is 0 Å². The molecule has 0 unspecified atom stereocenters. The number of nitrogens with zero attached hydrogens (tertiary/aromatic N) is 2. The minimum atomic E-state index is -0.834. The van der Waals surface area contributed by atoms with Crippen LogP contribution in [0, 0.1) is 5.82 Å². The van der Waals surface area contributed by atoms with Crippen molar-refractivity contribution in [1.29, 1.82) is 0 Å². The van der Waals surface area contributed by atoms with Gasteiger partial charge in [0.05, 0.1) is 5.60 Å². The Morgan fingerprint density at radius 1 is 1.47 bits per heavy atom. The van der Waals surface area contributed by atoms with Gasteiger partial charge in [-0.2, -0.15) is 0 Å². The summed E-state index contributed by atoms with van der Waals surface area (Å²) in [5.41, 5.74) is 5.37. The van der Waals surface area contributed by atoms with Gasteiger partial charge in [-0.3, -0.25) is 4.90 Å². The van der Waals surface area contributed by atoms with E-state index in [0.717, 1.165) is 0 Å². The first-order chi connectivity index (χ1) is 8.73. The fourth-order valence-corrected chi connectivity index (χ4v) is 1.90. The Morgan fingerprint density at radius 3 is 2.58 bits per heavy atom. The zero-order chi connectivity index (χ0) is 14.6. The molecule has 0 amide bonds. The largest absolute Gasteiger partial charge is 0.409 e. The Balaban J connectivity index is 2.81. The third-order valence-electron chi connectivity index (χ3n) is 2.55. The molecule has 19 heavy (non-hydrogen) atoms. The van der Waals surface area contributed by atoms with E-state index in [2.05, 4.69) is 5.16 Å². The van der Waals surface area contributed by atoms with E-state index in [0.29, 0.717) is 24.2 Å². The summed E-state index contributed by atoms with van der Waals surface area (Å²) in [6.07, 6.45) is 0. The van der Waals surface area contributed by atoms with Crippen molar-refractivity contribution in [3.05, 3.63) is 35.1 Å². The number of oxime groups is 1. The average Bonchev–Trinajstić information content (AvgIpc) is 2.28. The lowest BCUT2D eigenvalue weighted by atomic mass is 10.1. The number of aliphatic hydroxyl groups is 1. The molecule has 106 valence electrons. The monoisotopic (exact) mass is 269 g/mol. The molecule has 0 atom stereocenters. The Morgan fingerprint density at radius 2 is 2.11 bits per heavy atom. The van der Waals surface area contributed by atoms with Crippen LogP contribution in [0.5, 0.6) is 0 Å². The maximum atomic E-state index is 13.9. The van der Waals surface area contributed by atoms with Gasteiger partial charge in [0.15, 0.2) is 5.84 Å². The topological polar surface area (TPSA) is 82.1 Å². The van der Waals surface area contributed by atoms with Gasteiger partial charge >= 0.3 is 0 Å². The third-order valence-corrected chi connectivity index (χ3v) is 2.55. The second kappa shape index (κ2) is 5.99. The van der Waals surface area contributed by atoms with Crippen molar-refractivity contribution in [2.45, 2.75) is 26.0 Å². The van der Waals surface area contributed by atoms with Gasteiger partial charge in [-0.1, -0.05) is 17.3 Å². The van der Waals surface area contributed by atoms with Crippen LogP contribution in [-0.2, 0) is 6.54 Å². The van der Waals surface area contributed by atoms with Crippen LogP contribution in [-0.4, -0.2) is 40.2 Å². The molecular formula is C13H20FN3O2. The zero-order valence-corrected chi connectivity index (χ0v) is 11.4. The maximum Gasteiger partial charge on any atom is 0.170 e. The fourth-order valence-electron chi connectivity index (χ4n) is 1.90. The van der Waals surface area contributed by atoms with Crippen LogP contribution < -0.4 is 5.73 Å². The molecule has 0 bridgehead atoms. The SMILES string of the molecule is CN(Cc1ccc(C(N)=NO)cc1F)CC(C)(C)O. The van der Waals surface area contributed by atoms with Crippen LogP contribution in [0.1, 0.15) is 25.0 Å². The number of nitrogens with two attached hydrogens (primary N) is 1. The van der Waals surface area contributed by atoms with Gasteiger partial charge in [-0.25, -0.2) is 4.39 Å². The molecule has 6 heteroatoms. The molecule has 1 aromatic rings. The molecular weight excluding hydrogens is 249 g/mol. The summed E-state index contributed by atoms with van der Waals surface area (Å²) in [6.45, 7) is 4.18. The highest BCUT2D eigenvalue weighted by molar-refractivity contribution is 5.97. The van der Waals surface area contributed by atoms with Crippen molar-refractivity contribution < 1.29 is 14.7 Å². The smallest absolute Gasteiger partial charge is 0.170 e. The number of likely N-dealkylation sites (N-methyl/N-ethyl adjacent to an activating group) is 1. The third kappa shape index (κ3) is 4.84. The highest BCUT2D eigenvalue weighted by Crippen LogP contribution is 2.14. The number of hydrogen-bond acceptors (Lipinski definition) is 4. The van der Waals surface area contributed by atoms with Crippen LogP contribution in [0.15, 0.2) is 23.4 Å². The van der Waals surface area contributed by atoms with E-state index in [1.54, 1.807) is 33.0 Å². The van der Waals surface area contributed by atoms with E-state index in [9.17, 15) is 9.50 Å². The molecule has 1 rings (SSSR count). The molecule has 0 saturated carbocycles. The Bertz CT molecular complexity index is 469. The summed E-state index contributed by atoms with van der Waals surface area (Å²) in [5.74, 6) is -0.554. The zero-order valence-electron chi connectivity index (χ0n) is 11.4. The van der Waals surface area contributed by atoms with Crippen molar-refractivity contribution in [2.75, 3.05) is 13.6 Å². The van der Waals surface area contributed by atoms with Crippen molar-refractivity contribution in [1.82, 2.24) is 4.90 Å². The maximum absolute atomic E-state index is 13.9. The number of hydrogen-bond donors (Lipinski definition) is 3. The summed E-state index contributed by atoms with van der Waals surface area (Å²) in [7, 11) is 1.80. The number of amidine groups is 1. The van der Waals surface area contributed by atoms with E-state index >= 15 is 0 Å². The lowest BCUT2D eigenvalue weighted by Crippen LogP contribution is -2.36. The Labute approximate surface area is 112 Å². The van der Waals surface area contributed by atoms with Gasteiger partial charge in [0.25, 0.3) is 0 Å². The number of halogens is 1. The van der Waals surface area contributed by atoms with Gasteiger partial charge < -0.3 is 16.0 Å². The van der Waals surface area contributed by atoms with Gasteiger partial charge in [-0.05, 0) is 27.0 Å². The second-order valence-corrected chi connectivity index (χ2v) is 5.28. The molecule has 0 aliphatic heterocycles. The van der Waals surface area contributed by atoms with Crippen LogP contribution >= 0.6 is 0 Å². The first kappa shape index (κ1) is 15.4. The Kier molecular flexibility index (Phi) is 4.85. The first-order valence-corrected chi connectivity index (χ1v) is 5.90. The predicted octanol–water partition coefficient (Wildman–Crippen LogP) is 1.12. The Hall–Kier alpha value is -1.66. The molecule has 0 heterocycles. The molecule has 0 aromatic heterocycles. The van der Waals surface area contributed by atoms with Crippen LogP contribution in [0.3, 0.4) is 0 Å². The van der Waals surface area contributed by atoms with E-state index in [4.69, 9.17) is 10.9 Å². The fraction of sp³-hybridized carbons (Fsp3) is 0.462. The molecule has 5 nitrogen and oxygen atoms in total. The quantitative estimate of drug-likeness (QED) is 0.324. The van der Waals surface area contributed by atoms with Crippen molar-refractivity contribution in [3.8, 4) is 0 Å². The van der Waals surface area contributed by atoms with Crippen molar-refractivity contribution in [2.24, 2.45) is 10.9 Å². The summed E-state index contributed by atoms with van der Waals surface area (Å²) in [4.78, 5) is 1.82. The number of rotatable bonds is 5. The van der Waals surface area contributed by atoms with Gasteiger partial charge in [0.1, 0.15) is 5.82 Å². The van der Waals surface area contributed by atoms with E-state index < -0.39 is 11.4 Å². The molecule has 0 aliphatic rings. The molecule has 4 N–H and O–H groups in total. The van der Waals surface area contributed by atoms with E-state index in [1.165, 1.54) is 6.07 Å². The van der Waals surface area contributed by atoms with Gasteiger partial charge in [0, 0.05) is 24.2 Å². The summed E-state index contributed by atoms with van der Waals surface area (Å²) in [6, 6.07) is 4.40. The molecule has 0 spiro atoms. The summed E-state index contributed by atoms with van der Waals surface area (Å²) in [5, 5.41) is 21.0. The minimum absolute atomic E-state index is 0.129. The first-order valence-electron chi connectivity index (χ1n) is 5.90. The molecule has 0 aliphatic carbocycles. The highest BCUT2D eigenvalue weighted by atomic mass is 19.1. The molecule has 0 fully saturated rings. The van der Waals surface area contributed by atoms with E-state index in [1.807, 2.05) is 4.90 Å². The predicted molar refractivity (Wildman–Crippen MR) is 71.5 cm³/mol.